The molecule has 28 heavy (non-hydrogen) atoms. The van der Waals surface area contributed by atoms with Gasteiger partial charge in [0.05, 0.1) is 25.6 Å². The van der Waals surface area contributed by atoms with Gasteiger partial charge in [0, 0.05) is 6.54 Å². The van der Waals surface area contributed by atoms with Gasteiger partial charge >= 0.3 is 11.8 Å². The molecule has 0 atom stereocenters. The Labute approximate surface area is 165 Å². The van der Waals surface area contributed by atoms with E-state index in [9.17, 15) is 9.59 Å². The van der Waals surface area contributed by atoms with Crippen LogP contribution in [0.5, 0.6) is 5.75 Å². The normalized spacial score (nSPS) is 15.2. The van der Waals surface area contributed by atoms with Crippen molar-refractivity contribution in [3.8, 4) is 5.75 Å². The summed E-state index contributed by atoms with van der Waals surface area (Å²) in [4.78, 5) is 26.7. The van der Waals surface area contributed by atoms with E-state index in [1.807, 2.05) is 25.1 Å². The number of carbonyl (C=O) groups excluding carboxylic acids is 2. The monoisotopic (exact) mass is 385 g/mol. The molecule has 0 unspecified atom stereocenters. The Morgan fingerprint density at radius 3 is 2.68 bits per heavy atom. The Morgan fingerprint density at radius 2 is 2.00 bits per heavy atom. The molecule has 0 aliphatic carbocycles. The summed E-state index contributed by atoms with van der Waals surface area (Å²) < 4.78 is 10.6. The SMILES string of the molecule is COc1ccc(C)cc1NC(=O)C(=O)NCC1CCN(Cc2ccco2)CC1. The zero-order chi connectivity index (χ0) is 19.9. The van der Waals surface area contributed by atoms with E-state index in [1.165, 1.54) is 7.11 Å². The highest BCUT2D eigenvalue weighted by Gasteiger charge is 2.22. The largest absolute Gasteiger partial charge is 0.495 e. The first-order valence-corrected chi connectivity index (χ1v) is 9.53. The Morgan fingerprint density at radius 1 is 1.21 bits per heavy atom. The number of hydrogen-bond acceptors (Lipinski definition) is 5. The van der Waals surface area contributed by atoms with Crippen LogP contribution in [0.25, 0.3) is 0 Å². The van der Waals surface area contributed by atoms with Gasteiger partial charge in [-0.2, -0.15) is 0 Å². The molecule has 0 radical (unpaired) electrons. The summed E-state index contributed by atoms with van der Waals surface area (Å²) in [5.74, 6) is 0.560. The van der Waals surface area contributed by atoms with Gasteiger partial charge in [0.2, 0.25) is 0 Å². The van der Waals surface area contributed by atoms with E-state index >= 15 is 0 Å². The molecule has 1 fully saturated rings. The van der Waals surface area contributed by atoms with Crippen molar-refractivity contribution >= 4 is 17.5 Å². The minimum absolute atomic E-state index is 0.373. The van der Waals surface area contributed by atoms with Crippen LogP contribution in [0.15, 0.2) is 41.0 Å². The van der Waals surface area contributed by atoms with Crippen LogP contribution in [0.1, 0.15) is 24.2 Å². The average Bonchev–Trinajstić information content (AvgIpc) is 3.20. The number of nitrogens with zero attached hydrogens (tertiary/aromatic N) is 1. The molecule has 1 aromatic carbocycles. The van der Waals surface area contributed by atoms with Gasteiger partial charge in [-0.25, -0.2) is 0 Å². The summed E-state index contributed by atoms with van der Waals surface area (Å²) in [6.07, 6.45) is 3.65. The van der Waals surface area contributed by atoms with Crippen molar-refractivity contribution in [1.29, 1.82) is 0 Å². The minimum atomic E-state index is -0.681. The fraction of sp³-hybridized carbons (Fsp3) is 0.429. The number of methoxy groups -OCH3 is 1. The first-order valence-electron chi connectivity index (χ1n) is 9.53. The van der Waals surface area contributed by atoms with Gasteiger partial charge < -0.3 is 19.8 Å². The summed E-state index contributed by atoms with van der Waals surface area (Å²) in [7, 11) is 1.53. The third-order valence-corrected chi connectivity index (χ3v) is 5.03. The van der Waals surface area contributed by atoms with Crippen molar-refractivity contribution in [3.05, 3.63) is 47.9 Å². The van der Waals surface area contributed by atoms with Crippen molar-refractivity contribution in [3.63, 3.8) is 0 Å². The number of carbonyl (C=O) groups is 2. The van der Waals surface area contributed by atoms with Crippen LogP contribution in [0.4, 0.5) is 5.69 Å². The topological polar surface area (TPSA) is 83.8 Å². The fourth-order valence-electron chi connectivity index (χ4n) is 3.39. The highest BCUT2D eigenvalue weighted by molar-refractivity contribution is 6.39. The number of likely N-dealkylation sites (tertiary alicyclic amines) is 1. The zero-order valence-corrected chi connectivity index (χ0v) is 16.4. The number of hydrogen-bond donors (Lipinski definition) is 2. The van der Waals surface area contributed by atoms with Gasteiger partial charge in [0.1, 0.15) is 11.5 Å². The van der Waals surface area contributed by atoms with Crippen LogP contribution in [0.2, 0.25) is 0 Å². The van der Waals surface area contributed by atoms with Gasteiger partial charge in [0.25, 0.3) is 0 Å². The summed E-state index contributed by atoms with van der Waals surface area (Å²) in [6, 6.07) is 9.30. The lowest BCUT2D eigenvalue weighted by molar-refractivity contribution is -0.136. The second-order valence-corrected chi connectivity index (χ2v) is 7.17. The molecule has 2 aromatic rings. The highest BCUT2D eigenvalue weighted by atomic mass is 16.5. The smallest absolute Gasteiger partial charge is 0.313 e. The molecule has 150 valence electrons. The highest BCUT2D eigenvalue weighted by Crippen LogP contribution is 2.25. The third kappa shape index (κ3) is 5.36. The molecule has 1 aliphatic heterocycles. The second-order valence-electron chi connectivity index (χ2n) is 7.17. The number of ether oxygens (including phenoxy) is 1. The van der Waals surface area contributed by atoms with Gasteiger partial charge in [-0.1, -0.05) is 6.07 Å². The maximum absolute atomic E-state index is 12.2. The lowest BCUT2D eigenvalue weighted by atomic mass is 9.96. The zero-order valence-electron chi connectivity index (χ0n) is 16.4. The van der Waals surface area contributed by atoms with Gasteiger partial charge in [0.15, 0.2) is 0 Å². The molecular weight excluding hydrogens is 358 g/mol. The maximum Gasteiger partial charge on any atom is 0.313 e. The van der Waals surface area contributed by atoms with Crippen LogP contribution in [-0.2, 0) is 16.1 Å². The first kappa shape index (κ1) is 19.9. The number of anilines is 1. The number of rotatable bonds is 6. The Hall–Kier alpha value is -2.80. The van der Waals surface area contributed by atoms with Gasteiger partial charge in [-0.15, -0.1) is 0 Å². The van der Waals surface area contributed by atoms with Gasteiger partial charge in [-0.05, 0) is 68.6 Å². The summed E-state index contributed by atoms with van der Waals surface area (Å²) in [6.45, 7) is 5.13. The number of benzene rings is 1. The maximum atomic E-state index is 12.2. The molecule has 2 amide bonds. The third-order valence-electron chi connectivity index (χ3n) is 5.03. The predicted octanol–water partition coefficient (Wildman–Crippen LogP) is 2.56. The van der Waals surface area contributed by atoms with E-state index in [2.05, 4.69) is 15.5 Å². The van der Waals surface area contributed by atoms with Gasteiger partial charge in [-0.3, -0.25) is 14.5 Å². The van der Waals surface area contributed by atoms with E-state index in [4.69, 9.17) is 9.15 Å². The van der Waals surface area contributed by atoms with Crippen LogP contribution in [0, 0.1) is 12.8 Å². The second kappa shape index (κ2) is 9.41. The molecule has 1 saturated heterocycles. The van der Waals surface area contributed by atoms with Crippen molar-refractivity contribution in [2.24, 2.45) is 5.92 Å². The molecule has 7 heteroatoms. The molecule has 1 aromatic heterocycles. The number of piperidine rings is 1. The van der Waals surface area contributed by atoms with E-state index in [1.54, 1.807) is 18.4 Å². The standard InChI is InChI=1S/C21H27N3O4/c1-15-5-6-19(27-2)18(12-15)23-21(26)20(25)22-13-16-7-9-24(10-8-16)14-17-4-3-11-28-17/h3-6,11-12,16H,7-10,13-14H2,1-2H3,(H,22,25)(H,23,26). The molecule has 0 bridgehead atoms. The molecule has 2 N–H and O–H groups in total. The molecule has 7 nitrogen and oxygen atoms in total. The van der Waals surface area contributed by atoms with Crippen LogP contribution in [0.3, 0.4) is 0 Å². The summed E-state index contributed by atoms with van der Waals surface area (Å²) in [5, 5.41) is 5.38. The predicted molar refractivity (Wildman–Crippen MR) is 106 cm³/mol. The molecular formula is C21H27N3O4. The lowest BCUT2D eigenvalue weighted by Gasteiger charge is -2.31. The lowest BCUT2D eigenvalue weighted by Crippen LogP contribution is -2.41. The molecule has 3 rings (SSSR count). The van der Waals surface area contributed by atoms with E-state index in [0.717, 1.165) is 43.8 Å². The quantitative estimate of drug-likeness (QED) is 0.747. The van der Waals surface area contributed by atoms with E-state index in [0.29, 0.717) is 23.9 Å². The fourth-order valence-corrected chi connectivity index (χ4v) is 3.39. The first-order chi connectivity index (χ1) is 13.5. The van der Waals surface area contributed by atoms with Crippen molar-refractivity contribution in [2.45, 2.75) is 26.3 Å². The van der Waals surface area contributed by atoms with Crippen molar-refractivity contribution < 1.29 is 18.7 Å². The van der Waals surface area contributed by atoms with Crippen molar-refractivity contribution in [2.75, 3.05) is 32.1 Å². The number of nitrogens with one attached hydrogen (secondary N) is 2. The average molecular weight is 385 g/mol. The Bertz CT molecular complexity index is 796. The molecule has 0 spiro atoms. The van der Waals surface area contributed by atoms with E-state index in [-0.39, 0.29) is 0 Å². The summed E-state index contributed by atoms with van der Waals surface area (Å²) >= 11 is 0. The van der Waals surface area contributed by atoms with E-state index < -0.39 is 11.8 Å². The van der Waals surface area contributed by atoms with Crippen molar-refractivity contribution in [1.82, 2.24) is 10.2 Å². The van der Waals surface area contributed by atoms with Crippen LogP contribution >= 0.6 is 0 Å². The summed E-state index contributed by atoms with van der Waals surface area (Å²) in [5.41, 5.74) is 1.46. The minimum Gasteiger partial charge on any atom is -0.495 e. The number of furan rings is 1. The van der Waals surface area contributed by atoms with Crippen LogP contribution in [-0.4, -0.2) is 43.5 Å². The van der Waals surface area contributed by atoms with Crippen LogP contribution < -0.4 is 15.4 Å². The number of amides is 2. The Kier molecular flexibility index (Phi) is 6.71. The molecule has 0 saturated carbocycles. The molecule has 1 aliphatic rings. The molecule has 2 heterocycles. The number of aryl methyl sites for hydroxylation is 1. The Balaban J connectivity index is 1.42.